The molecule has 0 aromatic carbocycles. The molecule has 1 aromatic heterocycles. The minimum Gasteiger partial charge on any atom is -0.466 e. The first-order valence-electron chi connectivity index (χ1n) is 5.39. The fourth-order valence-electron chi connectivity index (χ4n) is 1.27. The molecule has 0 spiro atoms. The van der Waals surface area contributed by atoms with Gasteiger partial charge in [0.2, 0.25) is 11.9 Å². The zero-order chi connectivity index (χ0) is 14.3. The fraction of sp³-hybridized carbons (Fsp3) is 0.556. The summed E-state index contributed by atoms with van der Waals surface area (Å²) in [6.07, 6.45) is 2.36. The molecule has 0 fully saturated rings. The van der Waals surface area contributed by atoms with E-state index in [1.165, 1.54) is 7.11 Å². The van der Waals surface area contributed by atoms with Crippen molar-refractivity contribution < 1.29 is 14.3 Å². The quantitative estimate of drug-likeness (QED) is 0.536. The highest BCUT2D eigenvalue weighted by Crippen LogP contribution is 2.07. The second kappa shape index (κ2) is 7.46. The lowest BCUT2D eigenvalue weighted by Crippen LogP contribution is -2.46. The molecule has 5 N–H and O–H groups in total. The Hall–Kier alpha value is -1.97. The summed E-state index contributed by atoms with van der Waals surface area (Å²) < 4.78 is 4.77. The molecule has 1 aromatic rings. The number of nitrogens with zero attached hydrogens (tertiary/aromatic N) is 2. The maximum Gasteiger partial charge on any atom is 0.336 e. The van der Waals surface area contributed by atoms with Crippen LogP contribution in [-0.2, 0) is 4.79 Å². The average Bonchev–Trinajstić information content (AvgIpc) is 2.81. The smallest absolute Gasteiger partial charge is 0.336 e. The number of methoxy groups -OCH3 is 1. The van der Waals surface area contributed by atoms with Crippen LogP contribution in [0.5, 0.6) is 6.01 Å². The van der Waals surface area contributed by atoms with Crippen molar-refractivity contribution in [2.45, 2.75) is 12.5 Å². The molecule has 3 amide bonds. The molecule has 1 atom stereocenters. The molecule has 1 heterocycles. The van der Waals surface area contributed by atoms with Gasteiger partial charge in [-0.1, -0.05) is 0 Å². The molecule has 0 aliphatic heterocycles. The van der Waals surface area contributed by atoms with Gasteiger partial charge < -0.3 is 15.8 Å². The molecule has 0 radical (unpaired) electrons. The molecule has 19 heavy (non-hydrogen) atoms. The summed E-state index contributed by atoms with van der Waals surface area (Å²) in [5.74, 6) is 0.423. The molecule has 9 nitrogen and oxygen atoms in total. The monoisotopic (exact) mass is 288 g/mol. The summed E-state index contributed by atoms with van der Waals surface area (Å²) in [5.41, 5.74) is 5.03. The van der Waals surface area contributed by atoms with Crippen LogP contribution >= 0.6 is 11.8 Å². The van der Waals surface area contributed by atoms with Gasteiger partial charge in [-0.2, -0.15) is 16.7 Å². The van der Waals surface area contributed by atoms with Crippen LogP contribution < -0.4 is 21.1 Å². The van der Waals surface area contributed by atoms with Crippen LogP contribution in [0.3, 0.4) is 0 Å². The van der Waals surface area contributed by atoms with Gasteiger partial charge in [-0.3, -0.25) is 10.1 Å². The first-order valence-corrected chi connectivity index (χ1v) is 6.78. The van der Waals surface area contributed by atoms with Crippen molar-refractivity contribution in [1.82, 2.24) is 20.5 Å². The molecule has 1 rings (SSSR count). The van der Waals surface area contributed by atoms with Gasteiger partial charge in [-0.05, 0) is 18.4 Å². The number of amides is 3. The highest BCUT2D eigenvalue weighted by molar-refractivity contribution is 7.98. The lowest BCUT2D eigenvalue weighted by molar-refractivity contribution is -0.118. The van der Waals surface area contributed by atoms with Crippen molar-refractivity contribution in [3.05, 3.63) is 0 Å². The first-order chi connectivity index (χ1) is 9.06. The summed E-state index contributed by atoms with van der Waals surface area (Å²) >= 11 is 1.56. The van der Waals surface area contributed by atoms with Crippen molar-refractivity contribution in [1.29, 1.82) is 0 Å². The summed E-state index contributed by atoms with van der Waals surface area (Å²) in [5, 5.41) is 11.0. The second-order valence-corrected chi connectivity index (χ2v) is 4.49. The van der Waals surface area contributed by atoms with E-state index in [1.54, 1.807) is 11.8 Å². The number of rotatable bonds is 7. The van der Waals surface area contributed by atoms with Gasteiger partial charge in [0, 0.05) is 0 Å². The Bertz CT molecular complexity index is 437. The van der Waals surface area contributed by atoms with E-state index in [0.717, 1.165) is 0 Å². The molecular weight excluding hydrogens is 272 g/mol. The van der Waals surface area contributed by atoms with Crippen molar-refractivity contribution in [2.24, 2.45) is 5.73 Å². The number of primary amides is 1. The number of carbonyl (C=O) groups excluding carboxylic acids is 2. The normalized spacial score (nSPS) is 11.7. The zero-order valence-corrected chi connectivity index (χ0v) is 11.4. The number of aromatic amines is 1. The summed E-state index contributed by atoms with van der Waals surface area (Å²) in [6.45, 7) is 0. The minimum absolute atomic E-state index is 0.110. The Morgan fingerprint density at radius 3 is 2.84 bits per heavy atom. The van der Waals surface area contributed by atoms with E-state index in [2.05, 4.69) is 25.8 Å². The van der Waals surface area contributed by atoms with Gasteiger partial charge in [0.1, 0.15) is 6.04 Å². The molecular formula is C9H16N6O3S. The number of H-pyrrole nitrogens is 1. The number of hydrogen-bond acceptors (Lipinski definition) is 6. The minimum atomic E-state index is -0.753. The third-order valence-corrected chi connectivity index (χ3v) is 2.78. The summed E-state index contributed by atoms with van der Waals surface area (Å²) in [6, 6.07) is -1.36. The van der Waals surface area contributed by atoms with Crippen LogP contribution in [0.25, 0.3) is 0 Å². The highest BCUT2D eigenvalue weighted by Gasteiger charge is 2.20. The number of aromatic nitrogens is 3. The zero-order valence-electron chi connectivity index (χ0n) is 10.6. The Kier molecular flexibility index (Phi) is 5.93. The van der Waals surface area contributed by atoms with Crippen molar-refractivity contribution in [3.8, 4) is 6.01 Å². The largest absolute Gasteiger partial charge is 0.466 e. The van der Waals surface area contributed by atoms with Crippen LogP contribution in [0.15, 0.2) is 0 Å². The number of hydrogen-bond donors (Lipinski definition) is 4. The maximum absolute atomic E-state index is 11.9. The third-order valence-electron chi connectivity index (χ3n) is 2.13. The molecule has 0 aliphatic carbocycles. The summed E-state index contributed by atoms with van der Waals surface area (Å²) in [4.78, 5) is 26.6. The topological polar surface area (TPSA) is 135 Å². The molecule has 0 bridgehead atoms. The molecule has 1 unspecified atom stereocenters. The van der Waals surface area contributed by atoms with Crippen molar-refractivity contribution in [3.63, 3.8) is 0 Å². The average molecular weight is 288 g/mol. The van der Waals surface area contributed by atoms with Crippen molar-refractivity contribution >= 4 is 29.6 Å². The van der Waals surface area contributed by atoms with Gasteiger partial charge >= 0.3 is 12.0 Å². The molecule has 106 valence electrons. The van der Waals surface area contributed by atoms with E-state index in [-0.39, 0.29) is 12.0 Å². The standard InChI is InChI=1S/C9H16N6O3S/c1-18-9-13-8(14-15-9)12-6(16)5(3-4-19-2)11-7(10)17/h5H,3-4H2,1-2H3,(H3,10,11,17)(H2,12,13,14,15,16). The van der Waals surface area contributed by atoms with Crippen LogP contribution in [0.2, 0.25) is 0 Å². The second-order valence-electron chi connectivity index (χ2n) is 3.50. The molecule has 0 aliphatic rings. The van der Waals surface area contributed by atoms with Crippen LogP contribution in [0, 0.1) is 0 Å². The predicted octanol–water partition coefficient (Wildman–Crippen LogP) is -0.458. The van der Waals surface area contributed by atoms with E-state index in [4.69, 9.17) is 10.5 Å². The number of thioether (sulfide) groups is 1. The number of carbonyl (C=O) groups is 2. The Morgan fingerprint density at radius 2 is 2.32 bits per heavy atom. The Morgan fingerprint density at radius 1 is 1.58 bits per heavy atom. The number of ether oxygens (including phenoxy) is 1. The Labute approximate surface area is 114 Å². The number of urea groups is 1. The van der Waals surface area contributed by atoms with Gasteiger partial charge in [0.15, 0.2) is 0 Å². The number of anilines is 1. The highest BCUT2D eigenvalue weighted by atomic mass is 32.2. The van der Waals surface area contributed by atoms with E-state index in [9.17, 15) is 9.59 Å². The van der Waals surface area contributed by atoms with E-state index >= 15 is 0 Å². The SMILES string of the molecule is COc1n[nH]c(NC(=O)C(CCSC)NC(N)=O)n1. The Balaban J connectivity index is 2.61. The lowest BCUT2D eigenvalue weighted by Gasteiger charge is -2.15. The van der Waals surface area contributed by atoms with Gasteiger partial charge in [-0.15, -0.1) is 5.10 Å². The molecule has 0 saturated heterocycles. The molecule has 10 heteroatoms. The van der Waals surface area contributed by atoms with Gasteiger partial charge in [0.25, 0.3) is 0 Å². The number of nitrogens with one attached hydrogen (secondary N) is 3. The number of nitrogens with two attached hydrogens (primary N) is 1. The maximum atomic E-state index is 11.9. The third kappa shape index (κ3) is 5.04. The van der Waals surface area contributed by atoms with E-state index < -0.39 is 18.0 Å². The van der Waals surface area contributed by atoms with Crippen molar-refractivity contribution in [2.75, 3.05) is 24.4 Å². The van der Waals surface area contributed by atoms with Crippen LogP contribution in [-0.4, -0.2) is 52.3 Å². The predicted molar refractivity (Wildman–Crippen MR) is 71.1 cm³/mol. The van der Waals surface area contributed by atoms with E-state index in [0.29, 0.717) is 12.2 Å². The molecule has 0 saturated carbocycles. The van der Waals surface area contributed by atoms with Crippen LogP contribution in [0.4, 0.5) is 10.7 Å². The first kappa shape index (κ1) is 15.1. The van der Waals surface area contributed by atoms with Crippen LogP contribution in [0.1, 0.15) is 6.42 Å². The van der Waals surface area contributed by atoms with Gasteiger partial charge in [0.05, 0.1) is 7.11 Å². The van der Waals surface area contributed by atoms with Gasteiger partial charge in [-0.25, -0.2) is 9.89 Å². The van der Waals surface area contributed by atoms with E-state index in [1.807, 2.05) is 6.26 Å². The fourth-order valence-corrected chi connectivity index (χ4v) is 1.75. The summed E-state index contributed by atoms with van der Waals surface area (Å²) in [7, 11) is 1.41. The lowest BCUT2D eigenvalue weighted by atomic mass is 10.2.